The Kier molecular flexibility index (Phi) is 3.75. The van der Waals surface area contributed by atoms with Crippen molar-refractivity contribution in [2.45, 2.75) is 33.3 Å². The first-order valence-electron chi connectivity index (χ1n) is 5.41. The molecule has 0 aliphatic rings. The molecule has 1 heterocycles. The van der Waals surface area contributed by atoms with Crippen molar-refractivity contribution >= 4 is 11.7 Å². The Labute approximate surface area is 95.9 Å². The van der Waals surface area contributed by atoms with E-state index in [-0.39, 0.29) is 5.78 Å². The second kappa shape index (κ2) is 4.70. The van der Waals surface area contributed by atoms with Gasteiger partial charge in [-0.1, -0.05) is 0 Å². The minimum absolute atomic E-state index is 0.0921. The lowest BCUT2D eigenvalue weighted by Crippen LogP contribution is -2.38. The number of nitrogens with zero attached hydrogens (tertiary/aromatic N) is 1. The van der Waals surface area contributed by atoms with Gasteiger partial charge in [0.15, 0.2) is 17.4 Å². The Morgan fingerprint density at radius 2 is 2.12 bits per heavy atom. The molecule has 0 saturated heterocycles. The number of hydrogen-bond donors (Lipinski definition) is 1. The van der Waals surface area contributed by atoms with Gasteiger partial charge in [0.2, 0.25) is 0 Å². The predicted octanol–water partition coefficient (Wildman–Crippen LogP) is 2.08. The number of carbonyl (C=O) groups is 1. The van der Waals surface area contributed by atoms with E-state index in [1.807, 2.05) is 11.8 Å². The molecule has 4 nitrogen and oxygen atoms in total. The molecule has 1 aromatic heterocycles. The predicted molar refractivity (Wildman–Crippen MR) is 62.9 cm³/mol. The molecule has 4 heteroatoms. The second-order valence-corrected chi connectivity index (χ2v) is 4.52. The topological polar surface area (TPSA) is 53.7 Å². The smallest absolute Gasteiger partial charge is 0.196 e. The molecule has 0 aromatic carbocycles. The Balaban J connectivity index is 2.83. The Hall–Kier alpha value is -1.29. The zero-order chi connectivity index (χ0) is 12.3. The summed E-state index contributed by atoms with van der Waals surface area (Å²) in [5, 5.41) is 9.75. The molecule has 1 N–H and O–H groups in total. The maximum absolute atomic E-state index is 11.1. The van der Waals surface area contributed by atoms with Crippen molar-refractivity contribution in [1.82, 2.24) is 0 Å². The van der Waals surface area contributed by atoms with E-state index in [4.69, 9.17) is 4.42 Å². The van der Waals surface area contributed by atoms with Crippen LogP contribution in [0.15, 0.2) is 16.5 Å². The van der Waals surface area contributed by atoms with Crippen LogP contribution >= 0.6 is 0 Å². The third kappa shape index (κ3) is 3.38. The molecule has 1 aromatic rings. The summed E-state index contributed by atoms with van der Waals surface area (Å²) in [5.74, 6) is 0.879. The summed E-state index contributed by atoms with van der Waals surface area (Å²) < 4.78 is 5.41. The summed E-state index contributed by atoms with van der Waals surface area (Å²) in [6.07, 6.45) is 0. The minimum atomic E-state index is -0.792. The molecule has 1 rings (SSSR count). The second-order valence-electron chi connectivity index (χ2n) is 4.52. The summed E-state index contributed by atoms with van der Waals surface area (Å²) in [7, 11) is 0. The summed E-state index contributed by atoms with van der Waals surface area (Å²) >= 11 is 0. The van der Waals surface area contributed by atoms with Gasteiger partial charge in [0.25, 0.3) is 0 Å². The zero-order valence-electron chi connectivity index (χ0n) is 10.3. The van der Waals surface area contributed by atoms with Gasteiger partial charge >= 0.3 is 0 Å². The highest BCUT2D eigenvalue weighted by Crippen LogP contribution is 2.20. The maximum Gasteiger partial charge on any atom is 0.196 e. The van der Waals surface area contributed by atoms with Gasteiger partial charge < -0.3 is 14.4 Å². The molecule has 0 unspecified atom stereocenters. The van der Waals surface area contributed by atoms with Crippen LogP contribution < -0.4 is 4.90 Å². The lowest BCUT2D eigenvalue weighted by Gasteiger charge is -2.27. The van der Waals surface area contributed by atoms with Gasteiger partial charge in [-0.15, -0.1) is 0 Å². The molecule has 0 saturated carbocycles. The largest absolute Gasteiger partial charge is 0.437 e. The van der Waals surface area contributed by atoms with E-state index in [0.29, 0.717) is 18.2 Å². The Morgan fingerprint density at radius 1 is 1.50 bits per heavy atom. The number of likely N-dealkylation sites (N-methyl/N-ethyl adjacent to an activating group) is 1. The lowest BCUT2D eigenvalue weighted by molar-refractivity contribution is 0.0865. The number of carbonyl (C=O) groups excluding carboxylic acids is 1. The van der Waals surface area contributed by atoms with Crippen LogP contribution in [0, 0.1) is 0 Å². The first-order chi connectivity index (χ1) is 7.33. The van der Waals surface area contributed by atoms with Gasteiger partial charge in [-0.25, -0.2) is 0 Å². The lowest BCUT2D eigenvalue weighted by atomic mass is 10.1. The first-order valence-corrected chi connectivity index (χ1v) is 5.41. The Bertz CT molecular complexity index is 363. The molecule has 0 bridgehead atoms. The monoisotopic (exact) mass is 225 g/mol. The highest BCUT2D eigenvalue weighted by atomic mass is 16.4. The van der Waals surface area contributed by atoms with Crippen molar-refractivity contribution in [3.63, 3.8) is 0 Å². The van der Waals surface area contributed by atoms with Crippen molar-refractivity contribution in [3.8, 4) is 0 Å². The fraction of sp³-hybridized carbons (Fsp3) is 0.583. The van der Waals surface area contributed by atoms with Gasteiger partial charge in [0, 0.05) is 26.1 Å². The van der Waals surface area contributed by atoms with Crippen LogP contribution in [-0.4, -0.2) is 29.6 Å². The van der Waals surface area contributed by atoms with Gasteiger partial charge in [-0.05, 0) is 26.8 Å². The van der Waals surface area contributed by atoms with E-state index in [1.54, 1.807) is 26.0 Å². The molecule has 16 heavy (non-hydrogen) atoms. The summed E-state index contributed by atoms with van der Waals surface area (Å²) in [5.41, 5.74) is -0.792. The average Bonchev–Trinajstić information content (AvgIpc) is 2.61. The molecule has 0 radical (unpaired) electrons. The molecule has 0 atom stereocenters. The fourth-order valence-corrected chi connectivity index (χ4v) is 1.50. The van der Waals surface area contributed by atoms with Crippen molar-refractivity contribution < 1.29 is 14.3 Å². The van der Waals surface area contributed by atoms with Crippen molar-refractivity contribution in [2.24, 2.45) is 0 Å². The molecule has 0 fully saturated rings. The summed E-state index contributed by atoms with van der Waals surface area (Å²) in [4.78, 5) is 13.0. The number of Topliss-reactive ketones (excluding diaryl/α,β-unsaturated/α-hetero) is 1. The molecular formula is C12H19NO3. The van der Waals surface area contributed by atoms with Crippen LogP contribution in [0.3, 0.4) is 0 Å². The van der Waals surface area contributed by atoms with Gasteiger partial charge in [-0.3, -0.25) is 4.79 Å². The van der Waals surface area contributed by atoms with Crippen LogP contribution in [0.5, 0.6) is 0 Å². The number of furan rings is 1. The van der Waals surface area contributed by atoms with Gasteiger partial charge in [0.05, 0.1) is 5.60 Å². The highest BCUT2D eigenvalue weighted by Gasteiger charge is 2.20. The molecular weight excluding hydrogens is 206 g/mol. The number of ketones is 1. The van der Waals surface area contributed by atoms with Gasteiger partial charge in [0.1, 0.15) is 0 Å². The SMILES string of the molecule is CCN(CC(C)(C)O)c1ccc(C(C)=O)o1. The summed E-state index contributed by atoms with van der Waals surface area (Å²) in [6, 6.07) is 3.41. The van der Waals surface area contributed by atoms with Crippen LogP contribution in [0.4, 0.5) is 5.88 Å². The first kappa shape index (κ1) is 12.8. The van der Waals surface area contributed by atoms with E-state index in [1.165, 1.54) is 6.92 Å². The number of anilines is 1. The third-order valence-corrected chi connectivity index (χ3v) is 2.21. The molecule has 0 amide bonds. The van der Waals surface area contributed by atoms with Crippen molar-refractivity contribution in [3.05, 3.63) is 17.9 Å². The Morgan fingerprint density at radius 3 is 2.50 bits per heavy atom. The zero-order valence-corrected chi connectivity index (χ0v) is 10.3. The fourth-order valence-electron chi connectivity index (χ4n) is 1.50. The van der Waals surface area contributed by atoms with Crippen LogP contribution in [0.25, 0.3) is 0 Å². The summed E-state index contributed by atoms with van der Waals surface area (Å²) in [6.45, 7) is 8.11. The average molecular weight is 225 g/mol. The molecule has 0 aliphatic heterocycles. The standard InChI is InChI=1S/C12H19NO3/c1-5-13(8-12(3,4)15)11-7-6-10(16-11)9(2)14/h6-7,15H,5,8H2,1-4H3. The van der Waals surface area contributed by atoms with E-state index in [2.05, 4.69) is 0 Å². The van der Waals surface area contributed by atoms with Crippen molar-refractivity contribution in [1.29, 1.82) is 0 Å². The van der Waals surface area contributed by atoms with Crippen LogP contribution in [-0.2, 0) is 0 Å². The number of hydrogen-bond acceptors (Lipinski definition) is 4. The van der Waals surface area contributed by atoms with Crippen LogP contribution in [0.1, 0.15) is 38.2 Å². The highest BCUT2D eigenvalue weighted by molar-refractivity contribution is 5.91. The quantitative estimate of drug-likeness (QED) is 0.779. The number of rotatable bonds is 5. The normalized spacial score (nSPS) is 11.6. The molecule has 90 valence electrons. The minimum Gasteiger partial charge on any atom is -0.437 e. The molecule has 0 aliphatic carbocycles. The van der Waals surface area contributed by atoms with E-state index < -0.39 is 5.60 Å². The third-order valence-electron chi connectivity index (χ3n) is 2.21. The van der Waals surface area contributed by atoms with Gasteiger partial charge in [-0.2, -0.15) is 0 Å². The number of aliphatic hydroxyl groups is 1. The van der Waals surface area contributed by atoms with E-state index in [9.17, 15) is 9.90 Å². The van der Waals surface area contributed by atoms with Crippen molar-refractivity contribution in [2.75, 3.05) is 18.0 Å². The molecule has 0 spiro atoms. The van der Waals surface area contributed by atoms with Crippen LogP contribution in [0.2, 0.25) is 0 Å². The van der Waals surface area contributed by atoms with E-state index in [0.717, 1.165) is 6.54 Å². The van der Waals surface area contributed by atoms with E-state index >= 15 is 0 Å². The maximum atomic E-state index is 11.1.